The van der Waals surface area contributed by atoms with E-state index < -0.39 is 0 Å². The molecule has 3 nitrogen and oxygen atoms in total. The number of fused-ring (bicyclic) bond motifs is 1. The minimum Gasteiger partial charge on any atom is -0.383 e. The Kier molecular flexibility index (Phi) is 4.45. The van der Waals surface area contributed by atoms with Crippen LogP contribution in [0.25, 0.3) is 33.2 Å². The van der Waals surface area contributed by atoms with Gasteiger partial charge in [0, 0.05) is 26.7 Å². The van der Waals surface area contributed by atoms with Crippen molar-refractivity contribution in [1.29, 1.82) is 5.26 Å². The van der Waals surface area contributed by atoms with Gasteiger partial charge in [0.1, 0.15) is 17.5 Å². The SMILES string of the molecule is N#Cc1c(-c2ccc(Cl)cc2Cl)cc(-c2cccc3ccccc23)nc1N. The van der Waals surface area contributed by atoms with Crippen molar-refractivity contribution in [3.8, 4) is 28.5 Å². The molecule has 1 aromatic heterocycles. The quantitative estimate of drug-likeness (QED) is 0.435. The Morgan fingerprint density at radius 2 is 1.63 bits per heavy atom. The molecule has 5 heteroatoms. The lowest BCUT2D eigenvalue weighted by Crippen LogP contribution is -2.00. The van der Waals surface area contributed by atoms with Gasteiger partial charge in [-0.1, -0.05) is 71.7 Å². The van der Waals surface area contributed by atoms with E-state index in [1.165, 1.54) is 0 Å². The Balaban J connectivity index is 2.02. The van der Waals surface area contributed by atoms with Gasteiger partial charge in [-0.15, -0.1) is 0 Å². The van der Waals surface area contributed by atoms with Crippen molar-refractivity contribution in [1.82, 2.24) is 4.98 Å². The number of nitriles is 1. The van der Waals surface area contributed by atoms with E-state index in [-0.39, 0.29) is 5.82 Å². The highest BCUT2D eigenvalue weighted by Gasteiger charge is 2.16. The summed E-state index contributed by atoms with van der Waals surface area (Å²) in [5.74, 6) is 0.170. The zero-order valence-electron chi connectivity index (χ0n) is 14.1. The maximum Gasteiger partial charge on any atom is 0.142 e. The molecule has 0 unspecified atom stereocenters. The molecule has 1 heterocycles. The number of rotatable bonds is 2. The summed E-state index contributed by atoms with van der Waals surface area (Å²) in [4.78, 5) is 4.48. The van der Waals surface area contributed by atoms with Crippen molar-refractivity contribution in [2.24, 2.45) is 0 Å². The first-order valence-corrected chi connectivity index (χ1v) is 8.98. The van der Waals surface area contributed by atoms with Crippen LogP contribution >= 0.6 is 23.2 Å². The molecule has 0 radical (unpaired) electrons. The van der Waals surface area contributed by atoms with E-state index in [0.717, 1.165) is 16.3 Å². The topological polar surface area (TPSA) is 62.7 Å². The van der Waals surface area contributed by atoms with Crippen LogP contribution in [0.2, 0.25) is 10.0 Å². The van der Waals surface area contributed by atoms with Crippen LogP contribution in [0.1, 0.15) is 5.56 Å². The number of halogens is 2. The van der Waals surface area contributed by atoms with Crippen LogP contribution in [-0.2, 0) is 0 Å². The fourth-order valence-electron chi connectivity index (χ4n) is 3.19. The largest absolute Gasteiger partial charge is 0.383 e. The molecule has 0 amide bonds. The molecular formula is C22H13Cl2N3. The lowest BCUT2D eigenvalue weighted by atomic mass is 9.96. The predicted octanol–water partition coefficient (Wildman–Crippen LogP) is 6.33. The minimum atomic E-state index is 0.170. The highest BCUT2D eigenvalue weighted by molar-refractivity contribution is 6.36. The van der Waals surface area contributed by atoms with Crippen LogP contribution < -0.4 is 5.73 Å². The number of aromatic nitrogens is 1. The highest BCUT2D eigenvalue weighted by atomic mass is 35.5. The van der Waals surface area contributed by atoms with E-state index in [4.69, 9.17) is 28.9 Å². The third-order valence-electron chi connectivity index (χ3n) is 4.45. The second-order valence-electron chi connectivity index (χ2n) is 6.08. The average Bonchev–Trinajstić information content (AvgIpc) is 2.67. The van der Waals surface area contributed by atoms with E-state index in [2.05, 4.69) is 11.1 Å². The molecule has 2 N–H and O–H groups in total. The number of nitrogen functional groups attached to an aromatic ring is 1. The Morgan fingerprint density at radius 3 is 2.41 bits per heavy atom. The molecule has 0 atom stereocenters. The molecule has 4 rings (SSSR count). The first-order chi connectivity index (χ1) is 13.1. The molecule has 4 aromatic rings. The van der Waals surface area contributed by atoms with Crippen molar-refractivity contribution >= 4 is 39.8 Å². The standard InChI is InChI=1S/C22H13Cl2N3/c23-14-8-9-16(20(24)10-14)18-11-21(27-22(26)19(18)12-25)17-7-3-5-13-4-1-2-6-15(13)17/h1-11H,(H2,26,27). The number of hydrogen-bond acceptors (Lipinski definition) is 3. The Hall–Kier alpha value is -3.06. The Morgan fingerprint density at radius 1 is 0.852 bits per heavy atom. The third-order valence-corrected chi connectivity index (χ3v) is 4.99. The van der Waals surface area contributed by atoms with Gasteiger partial charge in [0.15, 0.2) is 0 Å². The third kappa shape index (κ3) is 3.10. The molecule has 0 spiro atoms. The summed E-state index contributed by atoms with van der Waals surface area (Å²) >= 11 is 12.4. The molecule has 0 saturated carbocycles. The summed E-state index contributed by atoms with van der Waals surface area (Å²) in [7, 11) is 0. The van der Waals surface area contributed by atoms with Crippen molar-refractivity contribution in [2.45, 2.75) is 0 Å². The highest BCUT2D eigenvalue weighted by Crippen LogP contribution is 2.37. The van der Waals surface area contributed by atoms with Crippen molar-refractivity contribution in [2.75, 3.05) is 5.73 Å². The summed E-state index contributed by atoms with van der Waals surface area (Å²) in [5, 5.41) is 12.7. The lowest BCUT2D eigenvalue weighted by molar-refractivity contribution is 1.31. The second-order valence-corrected chi connectivity index (χ2v) is 6.92. The number of anilines is 1. The van der Waals surface area contributed by atoms with Gasteiger partial charge in [0.2, 0.25) is 0 Å². The molecule has 130 valence electrons. The summed E-state index contributed by atoms with van der Waals surface area (Å²) in [6.07, 6.45) is 0. The van der Waals surface area contributed by atoms with Gasteiger partial charge in [0.25, 0.3) is 0 Å². The number of benzene rings is 3. The molecule has 0 bridgehead atoms. The zero-order valence-corrected chi connectivity index (χ0v) is 15.6. The van der Waals surface area contributed by atoms with E-state index >= 15 is 0 Å². The molecule has 27 heavy (non-hydrogen) atoms. The van der Waals surface area contributed by atoms with Gasteiger partial charge >= 0.3 is 0 Å². The van der Waals surface area contributed by atoms with Crippen LogP contribution in [0, 0.1) is 11.3 Å². The molecule has 0 fully saturated rings. The fraction of sp³-hybridized carbons (Fsp3) is 0. The van der Waals surface area contributed by atoms with Crippen LogP contribution in [0.15, 0.2) is 66.7 Å². The molecular weight excluding hydrogens is 377 g/mol. The summed E-state index contributed by atoms with van der Waals surface area (Å²) in [5.41, 5.74) is 9.37. The number of nitrogens with zero attached hydrogens (tertiary/aromatic N) is 2. The normalized spacial score (nSPS) is 10.7. The molecule has 0 aliphatic rings. The van der Waals surface area contributed by atoms with Gasteiger partial charge in [0.05, 0.1) is 5.69 Å². The van der Waals surface area contributed by atoms with E-state index in [0.29, 0.717) is 32.4 Å². The molecule has 0 aliphatic heterocycles. The lowest BCUT2D eigenvalue weighted by Gasteiger charge is -2.13. The minimum absolute atomic E-state index is 0.170. The van der Waals surface area contributed by atoms with Crippen LogP contribution in [0.3, 0.4) is 0 Å². The van der Waals surface area contributed by atoms with Crippen LogP contribution in [0.5, 0.6) is 0 Å². The monoisotopic (exact) mass is 389 g/mol. The van der Waals surface area contributed by atoms with Gasteiger partial charge in [-0.25, -0.2) is 4.98 Å². The predicted molar refractivity (Wildman–Crippen MR) is 112 cm³/mol. The van der Waals surface area contributed by atoms with E-state index in [9.17, 15) is 5.26 Å². The summed E-state index contributed by atoms with van der Waals surface area (Å²) in [6.45, 7) is 0. The number of nitrogens with two attached hydrogens (primary N) is 1. The van der Waals surface area contributed by atoms with Gasteiger partial charge < -0.3 is 5.73 Å². The Labute approximate surface area is 166 Å². The fourth-order valence-corrected chi connectivity index (χ4v) is 3.70. The van der Waals surface area contributed by atoms with Crippen molar-refractivity contribution in [3.05, 3.63) is 82.3 Å². The first kappa shape index (κ1) is 17.4. The molecule has 0 saturated heterocycles. The average molecular weight is 390 g/mol. The molecule has 3 aromatic carbocycles. The van der Waals surface area contributed by atoms with E-state index in [1.807, 2.05) is 48.5 Å². The smallest absolute Gasteiger partial charge is 0.142 e. The summed E-state index contributed by atoms with van der Waals surface area (Å²) in [6, 6.07) is 23.2. The van der Waals surface area contributed by atoms with E-state index in [1.54, 1.807) is 18.2 Å². The zero-order chi connectivity index (χ0) is 19.0. The Bertz CT molecular complexity index is 1220. The van der Waals surface area contributed by atoms with Crippen molar-refractivity contribution in [3.63, 3.8) is 0 Å². The first-order valence-electron chi connectivity index (χ1n) is 8.22. The van der Waals surface area contributed by atoms with Gasteiger partial charge in [-0.3, -0.25) is 0 Å². The number of hydrogen-bond donors (Lipinski definition) is 1. The summed E-state index contributed by atoms with van der Waals surface area (Å²) < 4.78 is 0. The maximum absolute atomic E-state index is 9.60. The van der Waals surface area contributed by atoms with Crippen LogP contribution in [-0.4, -0.2) is 4.98 Å². The number of pyridine rings is 1. The van der Waals surface area contributed by atoms with Gasteiger partial charge in [-0.2, -0.15) is 5.26 Å². The molecule has 0 aliphatic carbocycles. The van der Waals surface area contributed by atoms with Crippen molar-refractivity contribution < 1.29 is 0 Å². The van der Waals surface area contributed by atoms with Gasteiger partial charge in [-0.05, 0) is 29.0 Å². The van der Waals surface area contributed by atoms with Crippen LogP contribution in [0.4, 0.5) is 5.82 Å². The maximum atomic E-state index is 9.60. The second kappa shape index (κ2) is 6.92.